The van der Waals surface area contributed by atoms with Gasteiger partial charge in [-0.25, -0.2) is 4.98 Å². The fourth-order valence-corrected chi connectivity index (χ4v) is 3.15. The van der Waals surface area contributed by atoms with Crippen LogP contribution in [-0.4, -0.2) is 42.1 Å². The molecule has 4 rings (SSSR count). The number of Topliss-reactive ketones (excluding diaryl/α,β-unsaturated/α-hetero) is 1. The van der Waals surface area contributed by atoms with Crippen molar-refractivity contribution in [3.63, 3.8) is 0 Å². The number of rotatable bonds is 5. The van der Waals surface area contributed by atoms with E-state index in [1.54, 1.807) is 13.0 Å². The number of morpholine rings is 1. The third-order valence-corrected chi connectivity index (χ3v) is 4.64. The van der Waals surface area contributed by atoms with Gasteiger partial charge in [0.2, 0.25) is 5.95 Å². The lowest BCUT2D eigenvalue weighted by molar-refractivity contribution is 0.101. The Morgan fingerprint density at radius 2 is 1.79 bits per heavy atom. The van der Waals surface area contributed by atoms with E-state index in [9.17, 15) is 4.79 Å². The molecule has 0 saturated carbocycles. The number of hydrogen-bond donors (Lipinski definition) is 1. The van der Waals surface area contributed by atoms with Gasteiger partial charge in [0.05, 0.1) is 18.9 Å². The summed E-state index contributed by atoms with van der Waals surface area (Å²) in [6, 6.07) is 19.4. The number of benzene rings is 2. The zero-order chi connectivity index (χ0) is 19.3. The van der Waals surface area contributed by atoms with Gasteiger partial charge in [0.25, 0.3) is 0 Å². The normalized spacial score (nSPS) is 14.0. The molecule has 1 saturated heterocycles. The molecule has 28 heavy (non-hydrogen) atoms. The quantitative estimate of drug-likeness (QED) is 0.683. The molecule has 2 aromatic carbocycles. The summed E-state index contributed by atoms with van der Waals surface area (Å²) in [5, 5.41) is 3.26. The Morgan fingerprint density at radius 1 is 1.00 bits per heavy atom. The van der Waals surface area contributed by atoms with Crippen molar-refractivity contribution in [2.24, 2.45) is 0 Å². The van der Waals surface area contributed by atoms with Crippen LogP contribution in [0.25, 0.3) is 11.3 Å². The smallest absolute Gasteiger partial charge is 0.229 e. The van der Waals surface area contributed by atoms with Crippen LogP contribution in [-0.2, 0) is 4.74 Å². The first-order chi connectivity index (χ1) is 13.7. The minimum absolute atomic E-state index is 0.0246. The van der Waals surface area contributed by atoms with E-state index in [-0.39, 0.29) is 5.78 Å². The van der Waals surface area contributed by atoms with Crippen LogP contribution in [0.4, 0.5) is 17.5 Å². The van der Waals surface area contributed by atoms with E-state index in [4.69, 9.17) is 14.7 Å². The molecule has 1 aliphatic rings. The average molecular weight is 374 g/mol. The number of ether oxygens (including phenoxy) is 1. The fraction of sp³-hybridized carbons (Fsp3) is 0.227. The van der Waals surface area contributed by atoms with Gasteiger partial charge in [-0.3, -0.25) is 4.79 Å². The van der Waals surface area contributed by atoms with Crippen molar-refractivity contribution in [1.82, 2.24) is 9.97 Å². The molecule has 0 bridgehead atoms. The Morgan fingerprint density at radius 3 is 2.54 bits per heavy atom. The first kappa shape index (κ1) is 18.1. The van der Waals surface area contributed by atoms with Crippen LogP contribution in [0, 0.1) is 0 Å². The Balaban J connectivity index is 1.71. The Hall–Kier alpha value is -3.25. The van der Waals surface area contributed by atoms with Gasteiger partial charge in [-0.15, -0.1) is 0 Å². The highest BCUT2D eigenvalue weighted by atomic mass is 16.5. The maximum atomic E-state index is 11.7. The van der Waals surface area contributed by atoms with Crippen molar-refractivity contribution in [3.8, 4) is 11.3 Å². The van der Waals surface area contributed by atoms with Crippen LogP contribution in [0.1, 0.15) is 17.3 Å². The summed E-state index contributed by atoms with van der Waals surface area (Å²) >= 11 is 0. The third-order valence-electron chi connectivity index (χ3n) is 4.64. The SMILES string of the molecule is CC(=O)c1cccc(Nc2nc(-c3ccccc3)cc(N3CCOCC3)n2)c1. The molecular formula is C22H22N4O2. The summed E-state index contributed by atoms with van der Waals surface area (Å²) in [6.45, 7) is 4.53. The van der Waals surface area contributed by atoms with Crippen LogP contribution in [0.2, 0.25) is 0 Å². The van der Waals surface area contributed by atoms with Crippen LogP contribution in [0.15, 0.2) is 60.7 Å². The molecule has 0 aliphatic carbocycles. The number of aromatic nitrogens is 2. The van der Waals surface area contributed by atoms with E-state index in [1.165, 1.54) is 0 Å². The van der Waals surface area contributed by atoms with E-state index in [1.807, 2.05) is 54.6 Å². The predicted octanol–water partition coefficient (Wildman–Crippen LogP) is 3.93. The zero-order valence-corrected chi connectivity index (χ0v) is 15.8. The molecule has 3 aromatic rings. The first-order valence-electron chi connectivity index (χ1n) is 9.34. The van der Waals surface area contributed by atoms with Crippen molar-refractivity contribution in [2.75, 3.05) is 36.5 Å². The summed E-state index contributed by atoms with van der Waals surface area (Å²) in [7, 11) is 0. The zero-order valence-electron chi connectivity index (χ0n) is 15.8. The number of carbonyl (C=O) groups is 1. The summed E-state index contributed by atoms with van der Waals surface area (Å²) in [4.78, 5) is 23.3. The maximum absolute atomic E-state index is 11.7. The van der Waals surface area contributed by atoms with Crippen molar-refractivity contribution < 1.29 is 9.53 Å². The highest BCUT2D eigenvalue weighted by molar-refractivity contribution is 5.95. The minimum Gasteiger partial charge on any atom is -0.378 e. The number of carbonyl (C=O) groups excluding carboxylic acids is 1. The van der Waals surface area contributed by atoms with Crippen molar-refractivity contribution in [1.29, 1.82) is 0 Å². The van der Waals surface area contributed by atoms with Crippen LogP contribution in [0.3, 0.4) is 0 Å². The van der Waals surface area contributed by atoms with Gasteiger partial charge in [0, 0.05) is 36.0 Å². The monoisotopic (exact) mass is 374 g/mol. The standard InChI is InChI=1S/C22H22N4O2/c1-16(27)18-8-5-9-19(14-18)23-22-24-20(17-6-3-2-4-7-17)15-21(25-22)26-10-12-28-13-11-26/h2-9,14-15H,10-13H2,1H3,(H,23,24,25). The molecule has 1 N–H and O–H groups in total. The second-order valence-corrected chi connectivity index (χ2v) is 6.66. The van der Waals surface area contributed by atoms with Crippen LogP contribution < -0.4 is 10.2 Å². The molecule has 0 radical (unpaired) electrons. The Bertz CT molecular complexity index is 969. The topological polar surface area (TPSA) is 67.4 Å². The van der Waals surface area contributed by atoms with Crippen molar-refractivity contribution in [2.45, 2.75) is 6.92 Å². The lowest BCUT2D eigenvalue weighted by Gasteiger charge is -2.28. The largest absolute Gasteiger partial charge is 0.378 e. The minimum atomic E-state index is 0.0246. The molecule has 0 amide bonds. The van der Waals surface area contributed by atoms with Crippen molar-refractivity contribution in [3.05, 3.63) is 66.2 Å². The van der Waals surface area contributed by atoms with E-state index in [0.717, 1.165) is 35.9 Å². The van der Waals surface area contributed by atoms with E-state index < -0.39 is 0 Å². The molecule has 6 heteroatoms. The van der Waals surface area contributed by atoms with Gasteiger partial charge in [-0.05, 0) is 19.1 Å². The van der Waals surface area contributed by atoms with Gasteiger partial charge in [0.15, 0.2) is 5.78 Å². The lowest BCUT2D eigenvalue weighted by atomic mass is 10.1. The molecular weight excluding hydrogens is 352 g/mol. The molecule has 0 unspecified atom stereocenters. The van der Waals surface area contributed by atoms with Gasteiger partial charge in [-0.2, -0.15) is 4.98 Å². The highest BCUT2D eigenvalue weighted by Crippen LogP contribution is 2.25. The molecule has 1 aromatic heterocycles. The van der Waals surface area contributed by atoms with Gasteiger partial charge in [-0.1, -0.05) is 42.5 Å². The molecule has 1 fully saturated rings. The number of nitrogens with zero attached hydrogens (tertiary/aromatic N) is 3. The second-order valence-electron chi connectivity index (χ2n) is 6.66. The summed E-state index contributed by atoms with van der Waals surface area (Å²) in [5.74, 6) is 1.39. The molecule has 0 atom stereocenters. The maximum Gasteiger partial charge on any atom is 0.229 e. The fourth-order valence-electron chi connectivity index (χ4n) is 3.15. The molecule has 142 valence electrons. The Kier molecular flexibility index (Phi) is 5.30. The number of ketones is 1. The molecule has 0 spiro atoms. The number of anilines is 3. The second kappa shape index (κ2) is 8.19. The van der Waals surface area contributed by atoms with Crippen molar-refractivity contribution >= 4 is 23.2 Å². The van der Waals surface area contributed by atoms with Gasteiger partial charge in [0.1, 0.15) is 5.82 Å². The average Bonchev–Trinajstić information content (AvgIpc) is 2.75. The van der Waals surface area contributed by atoms with E-state index in [2.05, 4.69) is 10.2 Å². The van der Waals surface area contributed by atoms with Crippen LogP contribution in [0.5, 0.6) is 0 Å². The summed E-state index contributed by atoms with van der Waals surface area (Å²) in [5.41, 5.74) is 3.31. The van der Waals surface area contributed by atoms with E-state index >= 15 is 0 Å². The van der Waals surface area contributed by atoms with Crippen LogP contribution >= 0.6 is 0 Å². The molecule has 6 nitrogen and oxygen atoms in total. The summed E-state index contributed by atoms with van der Waals surface area (Å²) < 4.78 is 5.46. The van der Waals surface area contributed by atoms with Gasteiger partial charge < -0.3 is 15.0 Å². The molecule has 2 heterocycles. The summed E-state index contributed by atoms with van der Waals surface area (Å²) in [6.07, 6.45) is 0. The predicted molar refractivity (Wildman–Crippen MR) is 110 cm³/mol. The number of nitrogens with one attached hydrogen (secondary N) is 1. The van der Waals surface area contributed by atoms with E-state index in [0.29, 0.717) is 24.7 Å². The molecule has 1 aliphatic heterocycles. The highest BCUT2D eigenvalue weighted by Gasteiger charge is 2.16. The lowest BCUT2D eigenvalue weighted by Crippen LogP contribution is -2.36. The first-order valence-corrected chi connectivity index (χ1v) is 9.34. The van der Waals surface area contributed by atoms with Gasteiger partial charge >= 0.3 is 0 Å². The third kappa shape index (κ3) is 4.18. The number of hydrogen-bond acceptors (Lipinski definition) is 6. The Labute approximate surface area is 164 Å².